The Kier molecular flexibility index (Phi) is 6.71. The molecule has 1 aliphatic rings. The summed E-state index contributed by atoms with van der Waals surface area (Å²) in [6.07, 6.45) is 6.00. The number of hydrogen-bond acceptors (Lipinski definition) is 3. The molecule has 1 unspecified atom stereocenters. The fourth-order valence-electron chi connectivity index (χ4n) is 4.57. The third kappa shape index (κ3) is 4.76. The minimum Gasteiger partial charge on any atom is -0.296 e. The summed E-state index contributed by atoms with van der Waals surface area (Å²) in [6, 6.07) is 17.6. The van der Waals surface area contributed by atoms with Gasteiger partial charge in [0.1, 0.15) is 0 Å². The van der Waals surface area contributed by atoms with Crippen molar-refractivity contribution < 1.29 is 0 Å². The van der Waals surface area contributed by atoms with E-state index in [1.807, 2.05) is 12.3 Å². The lowest BCUT2D eigenvalue weighted by Gasteiger charge is -2.28. The van der Waals surface area contributed by atoms with Gasteiger partial charge in [-0.15, -0.1) is 0 Å². The summed E-state index contributed by atoms with van der Waals surface area (Å²) < 4.78 is 2.09. The normalized spacial score (nSPS) is 15.4. The van der Waals surface area contributed by atoms with Crippen LogP contribution in [0.15, 0.2) is 65.2 Å². The Morgan fingerprint density at radius 1 is 1.06 bits per heavy atom. The predicted molar refractivity (Wildman–Crippen MR) is 135 cm³/mol. The quantitative estimate of drug-likeness (QED) is 0.453. The van der Waals surface area contributed by atoms with Gasteiger partial charge in [0, 0.05) is 55.6 Å². The van der Waals surface area contributed by atoms with Crippen LogP contribution >= 0.6 is 0 Å². The molecule has 1 aliphatic heterocycles. The zero-order valence-corrected chi connectivity index (χ0v) is 20.0. The van der Waals surface area contributed by atoms with Gasteiger partial charge in [-0.05, 0) is 57.4 Å². The summed E-state index contributed by atoms with van der Waals surface area (Å²) in [7, 11) is 2.09. The van der Waals surface area contributed by atoms with Crippen LogP contribution in [0.4, 0.5) is 5.69 Å². The van der Waals surface area contributed by atoms with Crippen molar-refractivity contribution in [3.05, 3.63) is 82.6 Å². The molecule has 0 fully saturated rings. The van der Waals surface area contributed by atoms with Gasteiger partial charge >= 0.3 is 0 Å². The van der Waals surface area contributed by atoms with E-state index in [4.69, 9.17) is 5.10 Å². The van der Waals surface area contributed by atoms with Crippen LogP contribution in [-0.4, -0.2) is 34.0 Å². The summed E-state index contributed by atoms with van der Waals surface area (Å²) in [5.41, 5.74) is 10.0. The third-order valence-corrected chi connectivity index (χ3v) is 6.48. The molecule has 0 saturated heterocycles. The molecule has 166 valence electrons. The average molecular weight is 427 g/mol. The van der Waals surface area contributed by atoms with E-state index in [2.05, 4.69) is 97.8 Å². The van der Waals surface area contributed by atoms with Gasteiger partial charge in [-0.25, -0.2) is 0 Å². The number of allylic oxidation sites excluding steroid dienone is 2. The SMILES string of the molecule is CC(C)=CC=Nc1ccc(C(C)N2CCc3c(-c4ccccc4)nn(C)c3CC2)cc1C. The Labute approximate surface area is 192 Å². The highest BCUT2D eigenvalue weighted by molar-refractivity contribution is 5.75. The van der Waals surface area contributed by atoms with E-state index in [1.165, 1.54) is 33.5 Å². The summed E-state index contributed by atoms with van der Waals surface area (Å²) >= 11 is 0. The molecule has 0 spiro atoms. The standard InChI is InChI=1S/C28H34N4/c1-20(2)13-16-29-26-12-11-24(19-21(26)3)22(4)32-17-14-25-27(15-18-32)31(5)30-28(25)23-9-7-6-8-10-23/h6-13,16,19,22H,14-15,17-18H2,1-5H3. The van der Waals surface area contributed by atoms with E-state index in [0.29, 0.717) is 6.04 Å². The van der Waals surface area contributed by atoms with E-state index in [1.54, 1.807) is 0 Å². The first-order valence-electron chi connectivity index (χ1n) is 11.6. The highest BCUT2D eigenvalue weighted by atomic mass is 15.3. The van der Waals surface area contributed by atoms with Gasteiger partial charge < -0.3 is 0 Å². The number of nitrogens with zero attached hydrogens (tertiary/aromatic N) is 4. The molecule has 3 aromatic rings. The number of aromatic nitrogens is 2. The largest absolute Gasteiger partial charge is 0.296 e. The molecule has 0 bridgehead atoms. The predicted octanol–water partition coefficient (Wildman–Crippen LogP) is 6.23. The Morgan fingerprint density at radius 2 is 1.81 bits per heavy atom. The maximum Gasteiger partial charge on any atom is 0.0958 e. The van der Waals surface area contributed by atoms with Crippen molar-refractivity contribution in [1.82, 2.24) is 14.7 Å². The smallest absolute Gasteiger partial charge is 0.0958 e. The average Bonchev–Trinajstić information content (AvgIpc) is 2.95. The second-order valence-corrected chi connectivity index (χ2v) is 9.04. The van der Waals surface area contributed by atoms with Crippen LogP contribution in [0.2, 0.25) is 0 Å². The lowest BCUT2D eigenvalue weighted by atomic mass is 10.0. The van der Waals surface area contributed by atoms with Gasteiger partial charge in [0.2, 0.25) is 0 Å². The van der Waals surface area contributed by atoms with Crippen molar-refractivity contribution in [3.63, 3.8) is 0 Å². The van der Waals surface area contributed by atoms with Gasteiger partial charge in [-0.1, -0.05) is 48.0 Å². The highest BCUT2D eigenvalue weighted by Gasteiger charge is 2.25. The van der Waals surface area contributed by atoms with Crippen LogP contribution in [0.1, 0.15) is 49.2 Å². The number of benzene rings is 2. The Bertz CT molecular complexity index is 1130. The van der Waals surface area contributed by atoms with Gasteiger partial charge in [0.25, 0.3) is 0 Å². The molecule has 0 saturated carbocycles. The zero-order valence-electron chi connectivity index (χ0n) is 20.0. The van der Waals surface area contributed by atoms with Crippen molar-refractivity contribution in [2.75, 3.05) is 13.1 Å². The van der Waals surface area contributed by atoms with E-state index in [0.717, 1.165) is 37.3 Å². The lowest BCUT2D eigenvalue weighted by Crippen LogP contribution is -2.30. The molecule has 4 rings (SSSR count). The minimum absolute atomic E-state index is 0.368. The maximum atomic E-state index is 4.87. The molecule has 0 N–H and O–H groups in total. The number of aryl methyl sites for hydroxylation is 2. The van der Waals surface area contributed by atoms with Crippen molar-refractivity contribution >= 4 is 11.9 Å². The topological polar surface area (TPSA) is 33.4 Å². The fourth-order valence-corrected chi connectivity index (χ4v) is 4.57. The first kappa shape index (κ1) is 22.2. The molecule has 4 nitrogen and oxygen atoms in total. The molecule has 1 atom stereocenters. The molecular formula is C28H34N4. The van der Waals surface area contributed by atoms with Crippen molar-refractivity contribution in [2.45, 2.75) is 46.6 Å². The van der Waals surface area contributed by atoms with Crippen LogP contribution in [-0.2, 0) is 19.9 Å². The Morgan fingerprint density at radius 3 is 2.53 bits per heavy atom. The van der Waals surface area contributed by atoms with E-state index >= 15 is 0 Å². The number of rotatable bonds is 5. The number of aliphatic imine (C=N–C) groups is 1. The number of fused-ring (bicyclic) bond motifs is 1. The fraction of sp³-hybridized carbons (Fsp3) is 0.357. The van der Waals surface area contributed by atoms with E-state index in [-0.39, 0.29) is 0 Å². The third-order valence-electron chi connectivity index (χ3n) is 6.48. The maximum absolute atomic E-state index is 4.87. The second kappa shape index (κ2) is 9.66. The molecule has 2 aromatic carbocycles. The molecule has 32 heavy (non-hydrogen) atoms. The van der Waals surface area contributed by atoms with E-state index in [9.17, 15) is 0 Å². The minimum atomic E-state index is 0.368. The van der Waals surface area contributed by atoms with Crippen molar-refractivity contribution in [3.8, 4) is 11.3 Å². The highest BCUT2D eigenvalue weighted by Crippen LogP contribution is 2.31. The van der Waals surface area contributed by atoms with Gasteiger partial charge in [0.15, 0.2) is 0 Å². The molecule has 2 heterocycles. The summed E-state index contributed by atoms with van der Waals surface area (Å²) in [5, 5.41) is 4.87. The summed E-state index contributed by atoms with van der Waals surface area (Å²) in [4.78, 5) is 7.22. The summed E-state index contributed by atoms with van der Waals surface area (Å²) in [6.45, 7) is 10.7. The second-order valence-electron chi connectivity index (χ2n) is 9.04. The van der Waals surface area contributed by atoms with Gasteiger partial charge in [0.05, 0.1) is 11.4 Å². The first-order valence-corrected chi connectivity index (χ1v) is 11.6. The summed E-state index contributed by atoms with van der Waals surface area (Å²) in [5.74, 6) is 0. The lowest BCUT2D eigenvalue weighted by molar-refractivity contribution is 0.220. The Balaban J connectivity index is 1.52. The first-order chi connectivity index (χ1) is 15.4. The van der Waals surface area contributed by atoms with Crippen LogP contribution in [0.5, 0.6) is 0 Å². The zero-order chi connectivity index (χ0) is 22.7. The molecule has 0 aliphatic carbocycles. The van der Waals surface area contributed by atoms with Crippen LogP contribution in [0, 0.1) is 6.92 Å². The van der Waals surface area contributed by atoms with E-state index < -0.39 is 0 Å². The van der Waals surface area contributed by atoms with Crippen molar-refractivity contribution in [2.24, 2.45) is 12.0 Å². The number of hydrogen-bond donors (Lipinski definition) is 0. The van der Waals surface area contributed by atoms with Gasteiger partial charge in [-0.2, -0.15) is 5.10 Å². The molecule has 0 radical (unpaired) electrons. The molecule has 0 amide bonds. The van der Waals surface area contributed by atoms with Crippen LogP contribution in [0.3, 0.4) is 0 Å². The van der Waals surface area contributed by atoms with Crippen LogP contribution in [0.25, 0.3) is 11.3 Å². The molecule has 4 heteroatoms. The van der Waals surface area contributed by atoms with Crippen molar-refractivity contribution in [1.29, 1.82) is 0 Å². The Hall–Kier alpha value is -2.98. The van der Waals surface area contributed by atoms with Crippen LogP contribution < -0.4 is 0 Å². The monoisotopic (exact) mass is 426 g/mol. The molecular weight excluding hydrogens is 392 g/mol. The molecule has 1 aromatic heterocycles. The van der Waals surface area contributed by atoms with Gasteiger partial charge in [-0.3, -0.25) is 14.6 Å².